The molecule has 0 bridgehead atoms. The lowest BCUT2D eigenvalue weighted by molar-refractivity contribution is -0.294. The largest absolute Gasteiger partial charge is 0.387 e. The maximum atomic E-state index is 9.98. The van der Waals surface area contributed by atoms with Crippen LogP contribution in [-0.4, -0.2) is 65.8 Å². The first-order chi connectivity index (χ1) is 8.61. The van der Waals surface area contributed by atoms with Crippen molar-refractivity contribution in [2.45, 2.75) is 30.7 Å². The molecular weight excluding hydrogens is 240 g/mol. The van der Waals surface area contributed by atoms with Crippen molar-refractivity contribution in [2.75, 3.05) is 19.8 Å². The summed E-state index contributed by atoms with van der Waals surface area (Å²) in [7, 11) is 0. The average Bonchev–Trinajstić information content (AvgIpc) is 2.36. The summed E-state index contributed by atoms with van der Waals surface area (Å²) < 4.78 is 15.4. The minimum Gasteiger partial charge on any atom is -0.387 e. The highest BCUT2D eigenvalue weighted by Crippen LogP contribution is 2.22. The Bertz CT molecular complexity index is 269. The third kappa shape index (κ3) is 3.88. The van der Waals surface area contributed by atoms with E-state index >= 15 is 0 Å². The van der Waals surface area contributed by atoms with Crippen LogP contribution in [0.3, 0.4) is 0 Å². The lowest BCUT2D eigenvalue weighted by Crippen LogP contribution is -2.59. The van der Waals surface area contributed by atoms with Crippen LogP contribution in [0.4, 0.5) is 0 Å². The van der Waals surface area contributed by atoms with Crippen LogP contribution in [0.25, 0.3) is 0 Å². The summed E-state index contributed by atoms with van der Waals surface area (Å²) in [5, 5.41) is 29.2. The standard InChI is InChI=1S/C12H20O6/c1-3-5-16-7-8-9(13)11(17-6-4-2)10(14)12(15)18-8/h3-4,8-15H,1-2,5-7H2/t8-,9+,10-,11+,12-/m1/s1. The Morgan fingerprint density at radius 1 is 1.06 bits per heavy atom. The van der Waals surface area contributed by atoms with Crippen molar-refractivity contribution in [2.24, 2.45) is 0 Å². The molecular formula is C12H20O6. The summed E-state index contributed by atoms with van der Waals surface area (Å²) in [5.41, 5.74) is 0. The van der Waals surface area contributed by atoms with Crippen molar-refractivity contribution in [3.8, 4) is 0 Å². The number of ether oxygens (including phenoxy) is 3. The van der Waals surface area contributed by atoms with Crippen LogP contribution in [0, 0.1) is 0 Å². The second-order valence-corrected chi connectivity index (χ2v) is 3.96. The summed E-state index contributed by atoms with van der Waals surface area (Å²) >= 11 is 0. The van der Waals surface area contributed by atoms with E-state index in [4.69, 9.17) is 14.2 Å². The summed E-state index contributed by atoms with van der Waals surface area (Å²) in [4.78, 5) is 0. The smallest absolute Gasteiger partial charge is 0.184 e. The van der Waals surface area contributed by atoms with Crippen LogP contribution >= 0.6 is 0 Å². The first-order valence-corrected chi connectivity index (χ1v) is 5.72. The van der Waals surface area contributed by atoms with Crippen molar-refractivity contribution in [1.29, 1.82) is 0 Å². The first-order valence-electron chi connectivity index (χ1n) is 5.72. The van der Waals surface area contributed by atoms with E-state index in [2.05, 4.69) is 13.2 Å². The predicted molar refractivity (Wildman–Crippen MR) is 63.8 cm³/mol. The highest BCUT2D eigenvalue weighted by Gasteiger charge is 2.44. The summed E-state index contributed by atoms with van der Waals surface area (Å²) in [6.45, 7) is 7.51. The van der Waals surface area contributed by atoms with Crippen LogP contribution in [0.15, 0.2) is 25.3 Å². The van der Waals surface area contributed by atoms with Gasteiger partial charge in [-0.15, -0.1) is 13.2 Å². The molecule has 0 aromatic carbocycles. The van der Waals surface area contributed by atoms with Gasteiger partial charge in [-0.3, -0.25) is 0 Å². The third-order valence-corrected chi connectivity index (χ3v) is 2.58. The van der Waals surface area contributed by atoms with Gasteiger partial charge in [-0.05, 0) is 0 Å². The van der Waals surface area contributed by atoms with E-state index < -0.39 is 30.7 Å². The molecule has 0 aromatic heterocycles. The molecule has 0 spiro atoms. The zero-order valence-electron chi connectivity index (χ0n) is 10.1. The summed E-state index contributed by atoms with van der Waals surface area (Å²) in [5.74, 6) is 0. The lowest BCUT2D eigenvalue weighted by atomic mass is 9.99. The van der Waals surface area contributed by atoms with Gasteiger partial charge in [0.05, 0.1) is 19.8 Å². The Morgan fingerprint density at radius 2 is 1.72 bits per heavy atom. The molecule has 1 fully saturated rings. The minimum absolute atomic E-state index is 0.0743. The van der Waals surface area contributed by atoms with E-state index in [1.807, 2.05) is 0 Å². The molecule has 0 aliphatic carbocycles. The molecule has 1 aliphatic heterocycles. The Balaban J connectivity index is 2.58. The van der Waals surface area contributed by atoms with Gasteiger partial charge in [0.15, 0.2) is 6.29 Å². The van der Waals surface area contributed by atoms with Gasteiger partial charge in [-0.2, -0.15) is 0 Å². The highest BCUT2D eigenvalue weighted by molar-refractivity contribution is 4.90. The number of hydrogen-bond acceptors (Lipinski definition) is 6. The molecule has 1 aliphatic rings. The van der Waals surface area contributed by atoms with Crippen LogP contribution in [-0.2, 0) is 14.2 Å². The van der Waals surface area contributed by atoms with Gasteiger partial charge in [0.2, 0.25) is 0 Å². The van der Waals surface area contributed by atoms with Gasteiger partial charge in [-0.1, -0.05) is 12.2 Å². The van der Waals surface area contributed by atoms with Crippen LogP contribution in [0.5, 0.6) is 0 Å². The van der Waals surface area contributed by atoms with Crippen molar-refractivity contribution in [1.82, 2.24) is 0 Å². The molecule has 0 radical (unpaired) electrons. The van der Waals surface area contributed by atoms with Gasteiger partial charge in [0.1, 0.15) is 24.4 Å². The zero-order valence-corrected chi connectivity index (χ0v) is 10.1. The predicted octanol–water partition coefficient (Wildman–Crippen LogP) is -0.801. The molecule has 0 amide bonds. The van der Waals surface area contributed by atoms with E-state index in [1.54, 1.807) is 6.08 Å². The van der Waals surface area contributed by atoms with Crippen molar-refractivity contribution < 1.29 is 29.5 Å². The summed E-state index contributed by atoms with van der Waals surface area (Å²) in [6.07, 6.45) is -2.47. The molecule has 5 atom stereocenters. The molecule has 0 aromatic rings. The van der Waals surface area contributed by atoms with Gasteiger partial charge in [-0.25, -0.2) is 0 Å². The zero-order chi connectivity index (χ0) is 13.5. The van der Waals surface area contributed by atoms with Crippen molar-refractivity contribution in [3.63, 3.8) is 0 Å². The van der Waals surface area contributed by atoms with Gasteiger partial charge >= 0.3 is 0 Å². The molecule has 1 rings (SSSR count). The molecule has 104 valence electrons. The third-order valence-electron chi connectivity index (χ3n) is 2.58. The molecule has 3 N–H and O–H groups in total. The average molecular weight is 260 g/mol. The van der Waals surface area contributed by atoms with Gasteiger partial charge < -0.3 is 29.5 Å². The molecule has 1 saturated heterocycles. The minimum atomic E-state index is -1.42. The Hall–Kier alpha value is -0.760. The molecule has 6 nitrogen and oxygen atoms in total. The van der Waals surface area contributed by atoms with Crippen molar-refractivity contribution >= 4 is 0 Å². The lowest BCUT2D eigenvalue weighted by Gasteiger charge is -2.40. The second kappa shape index (κ2) is 7.63. The Morgan fingerprint density at radius 3 is 2.33 bits per heavy atom. The van der Waals surface area contributed by atoms with Gasteiger partial charge in [0.25, 0.3) is 0 Å². The van der Waals surface area contributed by atoms with E-state index in [9.17, 15) is 15.3 Å². The molecule has 1 heterocycles. The fourth-order valence-corrected chi connectivity index (χ4v) is 1.70. The van der Waals surface area contributed by atoms with E-state index in [-0.39, 0.29) is 13.2 Å². The van der Waals surface area contributed by atoms with E-state index in [0.29, 0.717) is 6.61 Å². The number of aliphatic hydroxyl groups excluding tert-OH is 3. The van der Waals surface area contributed by atoms with Crippen LogP contribution in [0.2, 0.25) is 0 Å². The van der Waals surface area contributed by atoms with Crippen molar-refractivity contribution in [3.05, 3.63) is 25.3 Å². The van der Waals surface area contributed by atoms with E-state index in [0.717, 1.165) is 0 Å². The molecule has 18 heavy (non-hydrogen) atoms. The fraction of sp³-hybridized carbons (Fsp3) is 0.667. The first kappa shape index (κ1) is 15.3. The maximum absolute atomic E-state index is 9.98. The number of aliphatic hydroxyl groups is 3. The molecule has 0 unspecified atom stereocenters. The molecule has 6 heteroatoms. The Labute approximate surface area is 106 Å². The van der Waals surface area contributed by atoms with Crippen LogP contribution in [0.1, 0.15) is 0 Å². The second-order valence-electron chi connectivity index (χ2n) is 3.96. The quantitative estimate of drug-likeness (QED) is 0.410. The maximum Gasteiger partial charge on any atom is 0.184 e. The van der Waals surface area contributed by atoms with E-state index in [1.165, 1.54) is 6.08 Å². The fourth-order valence-electron chi connectivity index (χ4n) is 1.70. The Kier molecular flexibility index (Phi) is 6.48. The number of hydrogen-bond donors (Lipinski definition) is 3. The monoisotopic (exact) mass is 260 g/mol. The van der Waals surface area contributed by atoms with Gasteiger partial charge in [0, 0.05) is 0 Å². The normalized spacial score (nSPS) is 36.3. The topological polar surface area (TPSA) is 88.4 Å². The molecule has 0 saturated carbocycles. The van der Waals surface area contributed by atoms with Crippen LogP contribution < -0.4 is 0 Å². The SMILES string of the molecule is C=CCOC[C@H]1O[C@@H](O)[C@H](O)[C@@H](OCC=C)[C@H]1O. The highest BCUT2D eigenvalue weighted by atomic mass is 16.7. The summed E-state index contributed by atoms with van der Waals surface area (Å²) in [6, 6.07) is 0. The number of rotatable bonds is 7.